The van der Waals surface area contributed by atoms with Gasteiger partial charge in [-0.15, -0.1) is 5.10 Å². The normalized spacial score (nSPS) is 10.9. The van der Waals surface area contributed by atoms with Crippen molar-refractivity contribution < 1.29 is 0 Å². The number of aromatic nitrogens is 4. The second kappa shape index (κ2) is 5.84. The third-order valence-corrected chi connectivity index (χ3v) is 3.06. The van der Waals surface area contributed by atoms with Crippen molar-refractivity contribution in [3.8, 4) is 5.69 Å². The van der Waals surface area contributed by atoms with E-state index in [9.17, 15) is 0 Å². The SMILES string of the molecule is CCNCc1nnnn1-c1c(Cl)cc(Cl)cc1Cl. The lowest BCUT2D eigenvalue weighted by Crippen LogP contribution is -2.16. The summed E-state index contributed by atoms with van der Waals surface area (Å²) >= 11 is 18.1. The fourth-order valence-electron chi connectivity index (χ4n) is 1.46. The minimum absolute atomic E-state index is 0.401. The molecule has 0 spiro atoms. The summed E-state index contributed by atoms with van der Waals surface area (Å²) in [5.74, 6) is 0.628. The van der Waals surface area contributed by atoms with Gasteiger partial charge in [-0.05, 0) is 29.1 Å². The van der Waals surface area contributed by atoms with Crippen molar-refractivity contribution in [1.29, 1.82) is 0 Å². The van der Waals surface area contributed by atoms with Crippen molar-refractivity contribution in [2.24, 2.45) is 0 Å². The van der Waals surface area contributed by atoms with Crippen LogP contribution in [0.15, 0.2) is 12.1 Å². The van der Waals surface area contributed by atoms with Gasteiger partial charge in [-0.2, -0.15) is 4.68 Å². The Kier molecular flexibility index (Phi) is 4.40. The van der Waals surface area contributed by atoms with Crippen molar-refractivity contribution in [2.75, 3.05) is 6.54 Å². The molecule has 0 saturated carbocycles. The van der Waals surface area contributed by atoms with Crippen molar-refractivity contribution in [3.05, 3.63) is 33.0 Å². The molecule has 0 fully saturated rings. The molecule has 0 aliphatic carbocycles. The van der Waals surface area contributed by atoms with Crippen molar-refractivity contribution in [3.63, 3.8) is 0 Å². The standard InChI is InChI=1S/C10H10Cl3N5/c1-2-14-5-9-15-16-17-18(9)10-7(12)3-6(11)4-8(10)13/h3-4,14H,2,5H2,1H3. The lowest BCUT2D eigenvalue weighted by atomic mass is 10.3. The van der Waals surface area contributed by atoms with E-state index in [0.29, 0.717) is 33.1 Å². The monoisotopic (exact) mass is 305 g/mol. The zero-order chi connectivity index (χ0) is 13.1. The Morgan fingerprint density at radius 1 is 1.22 bits per heavy atom. The first kappa shape index (κ1) is 13.5. The number of halogens is 3. The Balaban J connectivity index is 2.46. The van der Waals surface area contributed by atoms with Gasteiger partial charge in [0.15, 0.2) is 5.82 Å². The first-order valence-electron chi connectivity index (χ1n) is 5.26. The quantitative estimate of drug-likeness (QED) is 0.943. The van der Waals surface area contributed by atoms with E-state index in [1.165, 1.54) is 4.68 Å². The topological polar surface area (TPSA) is 55.6 Å². The molecule has 96 valence electrons. The van der Waals surface area contributed by atoms with Gasteiger partial charge in [0.1, 0.15) is 5.69 Å². The second-order valence-corrected chi connectivity index (χ2v) is 4.76. The Hall–Kier alpha value is -0.880. The molecule has 0 saturated heterocycles. The molecule has 0 radical (unpaired) electrons. The van der Waals surface area contributed by atoms with Crippen LogP contribution in [0.5, 0.6) is 0 Å². The molecule has 5 nitrogen and oxygen atoms in total. The molecule has 1 N–H and O–H groups in total. The molecule has 1 heterocycles. The van der Waals surface area contributed by atoms with E-state index in [2.05, 4.69) is 20.8 Å². The number of hydrogen-bond acceptors (Lipinski definition) is 4. The van der Waals surface area contributed by atoms with Gasteiger partial charge >= 0.3 is 0 Å². The average molecular weight is 307 g/mol. The van der Waals surface area contributed by atoms with Crippen LogP contribution < -0.4 is 5.32 Å². The van der Waals surface area contributed by atoms with Crippen molar-refractivity contribution in [1.82, 2.24) is 25.5 Å². The van der Waals surface area contributed by atoms with E-state index in [1.807, 2.05) is 6.92 Å². The Morgan fingerprint density at radius 3 is 2.50 bits per heavy atom. The van der Waals surface area contributed by atoms with Gasteiger partial charge in [0.25, 0.3) is 0 Å². The fourth-order valence-corrected chi connectivity index (χ4v) is 2.44. The van der Waals surface area contributed by atoms with Crippen LogP contribution in [0.1, 0.15) is 12.7 Å². The molecular weight excluding hydrogens is 297 g/mol. The minimum Gasteiger partial charge on any atom is -0.310 e. The Labute approximate surface area is 119 Å². The third kappa shape index (κ3) is 2.75. The van der Waals surface area contributed by atoms with Gasteiger partial charge in [-0.1, -0.05) is 41.7 Å². The van der Waals surface area contributed by atoms with Gasteiger partial charge in [0.05, 0.1) is 16.6 Å². The van der Waals surface area contributed by atoms with E-state index in [4.69, 9.17) is 34.8 Å². The van der Waals surface area contributed by atoms with Crippen LogP contribution >= 0.6 is 34.8 Å². The maximum Gasteiger partial charge on any atom is 0.170 e. The van der Waals surface area contributed by atoms with Gasteiger partial charge in [0, 0.05) is 5.02 Å². The van der Waals surface area contributed by atoms with Gasteiger partial charge in [-0.3, -0.25) is 0 Å². The van der Waals surface area contributed by atoms with Gasteiger partial charge in [-0.25, -0.2) is 0 Å². The summed E-state index contributed by atoms with van der Waals surface area (Å²) in [6.45, 7) is 3.34. The van der Waals surface area contributed by atoms with Crippen LogP contribution in [0.3, 0.4) is 0 Å². The van der Waals surface area contributed by atoms with Crippen LogP contribution in [-0.2, 0) is 6.54 Å². The number of nitrogens with one attached hydrogen (secondary N) is 1. The summed E-state index contributed by atoms with van der Waals surface area (Å²) in [7, 11) is 0. The summed E-state index contributed by atoms with van der Waals surface area (Å²) < 4.78 is 1.50. The highest BCUT2D eigenvalue weighted by Gasteiger charge is 2.15. The number of benzene rings is 1. The Bertz CT molecular complexity index is 531. The molecule has 8 heteroatoms. The molecule has 0 aliphatic heterocycles. The molecule has 0 atom stereocenters. The Morgan fingerprint density at radius 2 is 1.89 bits per heavy atom. The fraction of sp³-hybridized carbons (Fsp3) is 0.300. The lowest BCUT2D eigenvalue weighted by molar-refractivity contribution is 0.664. The molecule has 18 heavy (non-hydrogen) atoms. The number of hydrogen-bond donors (Lipinski definition) is 1. The maximum absolute atomic E-state index is 6.13. The van der Waals surface area contributed by atoms with Crippen molar-refractivity contribution in [2.45, 2.75) is 13.5 Å². The third-order valence-electron chi connectivity index (χ3n) is 2.26. The largest absolute Gasteiger partial charge is 0.310 e. The summed E-state index contributed by atoms with van der Waals surface area (Å²) in [6.07, 6.45) is 0. The summed E-state index contributed by atoms with van der Waals surface area (Å²) in [6, 6.07) is 3.20. The molecular formula is C10H10Cl3N5. The highest BCUT2D eigenvalue weighted by atomic mass is 35.5. The molecule has 0 aliphatic rings. The van der Waals surface area contributed by atoms with Crippen LogP contribution in [0.2, 0.25) is 15.1 Å². The lowest BCUT2D eigenvalue weighted by Gasteiger charge is -2.09. The predicted octanol–water partition coefficient (Wildman–Crippen LogP) is 2.73. The molecule has 2 rings (SSSR count). The first-order chi connectivity index (χ1) is 8.63. The molecule has 0 amide bonds. The van der Waals surface area contributed by atoms with Crippen LogP contribution in [0, 0.1) is 0 Å². The second-order valence-electron chi connectivity index (χ2n) is 3.51. The summed E-state index contributed by atoms with van der Waals surface area (Å²) in [5, 5.41) is 15.9. The van der Waals surface area contributed by atoms with E-state index in [0.717, 1.165) is 6.54 Å². The molecule has 2 aromatic rings. The average Bonchev–Trinajstić information content (AvgIpc) is 2.73. The van der Waals surface area contributed by atoms with Gasteiger partial charge < -0.3 is 5.32 Å². The highest BCUT2D eigenvalue weighted by molar-refractivity contribution is 6.40. The molecule has 0 bridgehead atoms. The van der Waals surface area contributed by atoms with E-state index in [1.54, 1.807) is 12.1 Å². The minimum atomic E-state index is 0.401. The number of rotatable bonds is 4. The van der Waals surface area contributed by atoms with E-state index >= 15 is 0 Å². The predicted molar refractivity (Wildman–Crippen MR) is 71.6 cm³/mol. The van der Waals surface area contributed by atoms with E-state index in [-0.39, 0.29) is 0 Å². The summed E-state index contributed by atoms with van der Waals surface area (Å²) in [4.78, 5) is 0. The summed E-state index contributed by atoms with van der Waals surface area (Å²) in [5.41, 5.74) is 0.528. The first-order valence-corrected chi connectivity index (χ1v) is 6.39. The smallest absolute Gasteiger partial charge is 0.170 e. The molecule has 1 aromatic carbocycles. The molecule has 0 unspecified atom stereocenters. The zero-order valence-corrected chi connectivity index (χ0v) is 11.8. The zero-order valence-electron chi connectivity index (χ0n) is 9.49. The van der Waals surface area contributed by atoms with E-state index < -0.39 is 0 Å². The van der Waals surface area contributed by atoms with Gasteiger partial charge in [0.2, 0.25) is 0 Å². The maximum atomic E-state index is 6.13. The highest BCUT2D eigenvalue weighted by Crippen LogP contribution is 2.31. The van der Waals surface area contributed by atoms with Crippen LogP contribution in [-0.4, -0.2) is 26.8 Å². The van der Waals surface area contributed by atoms with Crippen LogP contribution in [0.4, 0.5) is 0 Å². The van der Waals surface area contributed by atoms with Crippen molar-refractivity contribution >= 4 is 34.8 Å². The molecule has 1 aromatic heterocycles. The van der Waals surface area contributed by atoms with Crippen LogP contribution in [0.25, 0.3) is 5.69 Å². The number of tetrazole rings is 1. The number of nitrogens with zero attached hydrogens (tertiary/aromatic N) is 4.